The lowest BCUT2D eigenvalue weighted by Crippen LogP contribution is -2.18. The second-order valence-corrected chi connectivity index (χ2v) is 6.44. The van der Waals surface area contributed by atoms with Crippen molar-refractivity contribution in [2.45, 2.75) is 26.4 Å². The van der Waals surface area contributed by atoms with Crippen LogP contribution in [-0.2, 0) is 15.8 Å². The SMILES string of the molecule is CC(=O)Nc1ccc(C)cc1NC(=O)CCNc1ccc(C(F)(F)F)cc1[N+](=O)[O-]. The third kappa shape index (κ3) is 6.19. The van der Waals surface area contributed by atoms with Gasteiger partial charge < -0.3 is 16.0 Å². The smallest absolute Gasteiger partial charge is 0.379 e. The van der Waals surface area contributed by atoms with Crippen LogP contribution in [0.4, 0.5) is 35.9 Å². The molecule has 11 heteroatoms. The molecular formula is C19H19F3N4O4. The van der Waals surface area contributed by atoms with Gasteiger partial charge in [-0.15, -0.1) is 0 Å². The van der Waals surface area contributed by atoms with Gasteiger partial charge in [-0.2, -0.15) is 13.2 Å². The zero-order chi connectivity index (χ0) is 22.5. The number of anilines is 3. The van der Waals surface area contributed by atoms with Crippen molar-refractivity contribution in [1.29, 1.82) is 0 Å². The molecule has 0 radical (unpaired) electrons. The van der Waals surface area contributed by atoms with Crippen molar-refractivity contribution in [1.82, 2.24) is 0 Å². The maximum atomic E-state index is 12.7. The lowest BCUT2D eigenvalue weighted by atomic mass is 10.1. The zero-order valence-electron chi connectivity index (χ0n) is 16.1. The standard InChI is InChI=1S/C19H19F3N4O4/c1-11-3-5-14(24-12(2)27)16(9-11)25-18(28)7-8-23-15-6-4-13(19(20,21)22)10-17(15)26(29)30/h3-6,9-10,23H,7-8H2,1-2H3,(H,24,27)(H,25,28). The van der Waals surface area contributed by atoms with E-state index in [2.05, 4.69) is 16.0 Å². The van der Waals surface area contributed by atoms with Crippen LogP contribution in [0.3, 0.4) is 0 Å². The molecular weight excluding hydrogens is 405 g/mol. The Kier molecular flexibility index (Phi) is 6.98. The maximum absolute atomic E-state index is 12.7. The minimum absolute atomic E-state index is 0.0562. The van der Waals surface area contributed by atoms with Crippen molar-refractivity contribution in [2.24, 2.45) is 0 Å². The fraction of sp³-hybridized carbons (Fsp3) is 0.263. The summed E-state index contributed by atoms with van der Waals surface area (Å²) >= 11 is 0. The molecule has 160 valence electrons. The molecule has 0 spiro atoms. The highest BCUT2D eigenvalue weighted by Crippen LogP contribution is 2.35. The van der Waals surface area contributed by atoms with Crippen molar-refractivity contribution in [2.75, 3.05) is 22.5 Å². The summed E-state index contributed by atoms with van der Waals surface area (Å²) in [7, 11) is 0. The topological polar surface area (TPSA) is 113 Å². The number of carbonyl (C=O) groups is 2. The van der Waals surface area contributed by atoms with Gasteiger partial charge in [-0.05, 0) is 36.8 Å². The highest BCUT2D eigenvalue weighted by atomic mass is 19.4. The Morgan fingerprint density at radius 1 is 1.03 bits per heavy atom. The summed E-state index contributed by atoms with van der Waals surface area (Å²) in [6, 6.07) is 7.17. The number of nitro groups is 1. The molecule has 0 saturated carbocycles. The number of benzene rings is 2. The summed E-state index contributed by atoms with van der Waals surface area (Å²) in [5.41, 5.74) is -0.365. The first kappa shape index (κ1) is 22.7. The molecule has 3 N–H and O–H groups in total. The molecule has 0 aliphatic heterocycles. The Morgan fingerprint density at radius 3 is 2.30 bits per heavy atom. The van der Waals surface area contributed by atoms with Gasteiger partial charge in [0.25, 0.3) is 5.69 Å². The van der Waals surface area contributed by atoms with Gasteiger partial charge in [0.2, 0.25) is 11.8 Å². The van der Waals surface area contributed by atoms with E-state index in [4.69, 9.17) is 0 Å². The van der Waals surface area contributed by atoms with Crippen molar-refractivity contribution in [3.63, 3.8) is 0 Å². The fourth-order valence-corrected chi connectivity index (χ4v) is 2.59. The van der Waals surface area contributed by atoms with E-state index in [1.807, 2.05) is 0 Å². The number of amides is 2. The molecule has 8 nitrogen and oxygen atoms in total. The van der Waals surface area contributed by atoms with Crippen LogP contribution in [-0.4, -0.2) is 23.3 Å². The van der Waals surface area contributed by atoms with Gasteiger partial charge in [0.1, 0.15) is 5.69 Å². The van der Waals surface area contributed by atoms with Crippen molar-refractivity contribution in [3.8, 4) is 0 Å². The second kappa shape index (κ2) is 9.25. The van der Waals surface area contributed by atoms with Crippen LogP contribution in [0.2, 0.25) is 0 Å². The first-order chi connectivity index (χ1) is 14.0. The Bertz CT molecular complexity index is 977. The van der Waals surface area contributed by atoms with E-state index < -0.39 is 28.3 Å². The van der Waals surface area contributed by atoms with E-state index in [-0.39, 0.29) is 24.6 Å². The number of rotatable bonds is 7. The summed E-state index contributed by atoms with van der Waals surface area (Å²) in [6.45, 7) is 3.07. The Morgan fingerprint density at radius 2 is 1.70 bits per heavy atom. The molecule has 2 aromatic carbocycles. The number of halogens is 3. The first-order valence-electron chi connectivity index (χ1n) is 8.75. The lowest BCUT2D eigenvalue weighted by molar-refractivity contribution is -0.384. The van der Waals surface area contributed by atoms with Crippen LogP contribution in [0.5, 0.6) is 0 Å². The Labute approximate surface area is 169 Å². The summed E-state index contributed by atoms with van der Waals surface area (Å²) in [4.78, 5) is 33.6. The molecule has 2 aromatic rings. The molecule has 0 heterocycles. The van der Waals surface area contributed by atoms with Crippen molar-refractivity contribution in [3.05, 3.63) is 57.6 Å². The van der Waals surface area contributed by atoms with E-state index in [1.165, 1.54) is 6.92 Å². The molecule has 0 unspecified atom stereocenters. The van der Waals surface area contributed by atoms with E-state index in [0.717, 1.165) is 17.7 Å². The number of nitro benzene ring substituents is 1. The lowest BCUT2D eigenvalue weighted by Gasteiger charge is -2.13. The highest BCUT2D eigenvalue weighted by molar-refractivity contribution is 5.99. The minimum Gasteiger partial charge on any atom is -0.379 e. The quantitative estimate of drug-likeness (QED) is 0.453. The monoisotopic (exact) mass is 424 g/mol. The van der Waals surface area contributed by atoms with Crippen LogP contribution < -0.4 is 16.0 Å². The van der Waals surface area contributed by atoms with Crippen LogP contribution >= 0.6 is 0 Å². The van der Waals surface area contributed by atoms with E-state index in [1.54, 1.807) is 25.1 Å². The molecule has 0 bridgehead atoms. The highest BCUT2D eigenvalue weighted by Gasteiger charge is 2.33. The molecule has 0 aliphatic carbocycles. The van der Waals surface area contributed by atoms with E-state index >= 15 is 0 Å². The predicted octanol–water partition coefficient (Wildman–Crippen LogP) is 4.32. The van der Waals surface area contributed by atoms with Gasteiger partial charge in [0.05, 0.1) is 21.9 Å². The third-order valence-corrected chi connectivity index (χ3v) is 3.95. The summed E-state index contributed by atoms with van der Waals surface area (Å²) < 4.78 is 38.2. The van der Waals surface area contributed by atoms with Gasteiger partial charge in [-0.3, -0.25) is 19.7 Å². The number of aryl methyl sites for hydroxylation is 1. The number of carbonyl (C=O) groups excluding carboxylic acids is 2. The average Bonchev–Trinajstić information content (AvgIpc) is 2.62. The van der Waals surface area contributed by atoms with Crippen molar-refractivity contribution < 1.29 is 27.7 Å². The second-order valence-electron chi connectivity index (χ2n) is 6.44. The molecule has 0 aliphatic rings. The minimum atomic E-state index is -4.71. The summed E-state index contributed by atoms with van der Waals surface area (Å²) in [6.07, 6.45) is -4.83. The van der Waals surface area contributed by atoms with Gasteiger partial charge in [-0.25, -0.2) is 0 Å². The number of alkyl halides is 3. The zero-order valence-corrected chi connectivity index (χ0v) is 16.1. The number of hydrogen-bond acceptors (Lipinski definition) is 5. The Hall–Kier alpha value is -3.63. The van der Waals surface area contributed by atoms with Gasteiger partial charge >= 0.3 is 6.18 Å². The molecule has 2 rings (SSSR count). The maximum Gasteiger partial charge on any atom is 0.416 e. The van der Waals surface area contributed by atoms with Crippen LogP contribution in [0.25, 0.3) is 0 Å². The fourth-order valence-electron chi connectivity index (χ4n) is 2.59. The van der Waals surface area contributed by atoms with Crippen LogP contribution in [0.1, 0.15) is 24.5 Å². The largest absolute Gasteiger partial charge is 0.416 e. The summed E-state index contributed by atoms with van der Waals surface area (Å²) in [5.74, 6) is -0.764. The molecule has 30 heavy (non-hydrogen) atoms. The van der Waals surface area contributed by atoms with Crippen LogP contribution in [0.15, 0.2) is 36.4 Å². The first-order valence-corrected chi connectivity index (χ1v) is 8.75. The molecule has 0 aromatic heterocycles. The number of nitrogens with one attached hydrogen (secondary N) is 3. The van der Waals surface area contributed by atoms with Gasteiger partial charge in [-0.1, -0.05) is 6.07 Å². The summed E-state index contributed by atoms with van der Waals surface area (Å²) in [5, 5.41) is 18.9. The molecule has 2 amide bonds. The number of hydrogen-bond donors (Lipinski definition) is 3. The molecule has 0 atom stereocenters. The van der Waals surface area contributed by atoms with Gasteiger partial charge in [0, 0.05) is 26.0 Å². The van der Waals surface area contributed by atoms with E-state index in [9.17, 15) is 32.9 Å². The van der Waals surface area contributed by atoms with Gasteiger partial charge in [0.15, 0.2) is 0 Å². The normalized spacial score (nSPS) is 11.0. The molecule has 0 fully saturated rings. The van der Waals surface area contributed by atoms with Crippen LogP contribution in [0, 0.1) is 17.0 Å². The van der Waals surface area contributed by atoms with Crippen molar-refractivity contribution >= 4 is 34.6 Å². The Balaban J connectivity index is 2.04. The third-order valence-electron chi connectivity index (χ3n) is 3.95. The number of nitrogens with zero attached hydrogens (tertiary/aromatic N) is 1. The average molecular weight is 424 g/mol. The van der Waals surface area contributed by atoms with E-state index in [0.29, 0.717) is 17.4 Å². The predicted molar refractivity (Wildman–Crippen MR) is 105 cm³/mol. The molecule has 0 saturated heterocycles.